The van der Waals surface area contributed by atoms with Gasteiger partial charge in [-0.15, -0.1) is 0 Å². The van der Waals surface area contributed by atoms with E-state index >= 15 is 0 Å². The summed E-state index contributed by atoms with van der Waals surface area (Å²) in [7, 11) is -3.69. The van der Waals surface area contributed by atoms with Crippen LogP contribution in [0.4, 0.5) is 22.0 Å². The number of rotatable bonds is 10. The highest BCUT2D eigenvalue weighted by Gasteiger charge is 2.44. The normalized spacial score (nSPS) is 19.9. The van der Waals surface area contributed by atoms with Crippen LogP contribution in [0.2, 0.25) is 0 Å². The molecular formula is C31H37F5N2O5S2. The minimum Gasteiger partial charge on any atom is -0.347 e. The highest BCUT2D eigenvalue weighted by atomic mass is 32.2. The maximum absolute atomic E-state index is 15.0. The van der Waals surface area contributed by atoms with Gasteiger partial charge in [0.2, 0.25) is 5.91 Å². The van der Waals surface area contributed by atoms with Crippen molar-refractivity contribution in [2.75, 3.05) is 6.26 Å². The average molecular weight is 677 g/mol. The molecule has 0 spiro atoms. The SMILES string of the molecule is CC[C@@H]1CC[C@H](C(=O)NC(c2cc(F)c(C(F)(F)F)cc2F)C2CC2)N1C(=O)c1cc(S(C)(=O)=O)ccc1COSC(C)(C)C. The molecule has 1 N–H and O–H groups in total. The molecule has 1 aliphatic heterocycles. The molecule has 248 valence electrons. The Hall–Kier alpha value is -2.71. The summed E-state index contributed by atoms with van der Waals surface area (Å²) in [5, 5.41) is 2.70. The number of carbonyl (C=O) groups excluding carboxylic acids is 2. The molecule has 1 saturated heterocycles. The summed E-state index contributed by atoms with van der Waals surface area (Å²) in [6.45, 7) is 7.65. The third-order valence-electron chi connectivity index (χ3n) is 7.89. The van der Waals surface area contributed by atoms with Crippen molar-refractivity contribution in [2.45, 2.75) is 100 Å². The summed E-state index contributed by atoms with van der Waals surface area (Å²) in [5.74, 6) is -4.49. The summed E-state index contributed by atoms with van der Waals surface area (Å²) in [5.41, 5.74) is -1.65. The van der Waals surface area contributed by atoms with Gasteiger partial charge in [-0.1, -0.05) is 13.0 Å². The summed E-state index contributed by atoms with van der Waals surface area (Å²) < 4.78 is 99.2. The van der Waals surface area contributed by atoms with Crippen molar-refractivity contribution in [3.63, 3.8) is 0 Å². The zero-order valence-corrected chi connectivity index (χ0v) is 27.3. The standard InChI is InChI=1S/C31H37F5N2O5S2/c1-6-19-10-12-26(28(39)37-27(17-7-8-17)22-14-25(33)23(15-24(22)32)31(34,35)36)38(19)29(40)21-13-20(45(5,41)42)11-9-18(21)16-43-44-30(2,3)4/h9,11,13-15,17,19,26-27H,6-8,10,12,16H2,1-5H3,(H,37,39)/t19-,26-,27?/m1/s1. The molecule has 0 aromatic heterocycles. The number of hydrogen-bond acceptors (Lipinski definition) is 6. The van der Waals surface area contributed by atoms with Gasteiger partial charge in [0.25, 0.3) is 5.91 Å². The number of sulfone groups is 1. The lowest BCUT2D eigenvalue weighted by Crippen LogP contribution is -2.50. The van der Waals surface area contributed by atoms with Crippen LogP contribution in [0, 0.1) is 17.6 Å². The Labute approximate surface area is 264 Å². The van der Waals surface area contributed by atoms with E-state index < -0.39 is 62.7 Å². The fourth-order valence-corrected chi connectivity index (χ4v) is 6.70. The van der Waals surface area contributed by atoms with Gasteiger partial charge in [-0.25, -0.2) is 17.2 Å². The van der Waals surface area contributed by atoms with Crippen molar-refractivity contribution < 1.29 is 44.1 Å². The zero-order chi connectivity index (χ0) is 33.5. The lowest BCUT2D eigenvalue weighted by molar-refractivity contribution is -0.140. The second kappa shape index (κ2) is 13.2. The molecule has 2 aromatic rings. The van der Waals surface area contributed by atoms with E-state index in [1.807, 2.05) is 27.7 Å². The Balaban J connectivity index is 1.66. The number of hydrogen-bond donors (Lipinski definition) is 1. The first kappa shape index (κ1) is 35.1. The van der Waals surface area contributed by atoms with Crippen molar-refractivity contribution in [2.24, 2.45) is 5.92 Å². The molecule has 0 radical (unpaired) electrons. The van der Waals surface area contributed by atoms with Gasteiger partial charge >= 0.3 is 6.18 Å². The smallest absolute Gasteiger partial charge is 0.347 e. The monoisotopic (exact) mass is 676 g/mol. The van der Waals surface area contributed by atoms with E-state index in [1.165, 1.54) is 35.1 Å². The molecule has 45 heavy (non-hydrogen) atoms. The maximum atomic E-state index is 15.0. The Morgan fingerprint density at radius 1 is 1.04 bits per heavy atom. The molecule has 2 aliphatic rings. The second-order valence-electron chi connectivity index (χ2n) is 12.6. The van der Waals surface area contributed by atoms with Gasteiger partial charge in [0, 0.05) is 28.2 Å². The highest BCUT2D eigenvalue weighted by Crippen LogP contribution is 2.44. The number of nitrogens with one attached hydrogen (secondary N) is 1. The van der Waals surface area contributed by atoms with Crippen LogP contribution in [0.5, 0.6) is 0 Å². The van der Waals surface area contributed by atoms with Crippen LogP contribution in [0.15, 0.2) is 35.2 Å². The molecule has 1 heterocycles. The second-order valence-corrected chi connectivity index (χ2v) is 16.2. The van der Waals surface area contributed by atoms with Gasteiger partial charge < -0.3 is 14.4 Å². The van der Waals surface area contributed by atoms with Crippen LogP contribution in [0.1, 0.15) is 92.9 Å². The van der Waals surface area contributed by atoms with Gasteiger partial charge in [0.05, 0.1) is 23.1 Å². The van der Waals surface area contributed by atoms with E-state index in [1.54, 1.807) is 0 Å². The Kier molecular flexibility index (Phi) is 10.3. The molecule has 14 heteroatoms. The molecule has 4 rings (SSSR count). The van der Waals surface area contributed by atoms with Crippen LogP contribution in [0.3, 0.4) is 0 Å². The molecule has 0 bridgehead atoms. The topological polar surface area (TPSA) is 92.8 Å². The predicted octanol–water partition coefficient (Wildman–Crippen LogP) is 7.00. The van der Waals surface area contributed by atoms with Gasteiger partial charge in [-0.05, 0) is 101 Å². The van der Waals surface area contributed by atoms with Crippen molar-refractivity contribution in [1.82, 2.24) is 10.2 Å². The number of alkyl halides is 3. The van der Waals surface area contributed by atoms with Crippen LogP contribution in [-0.4, -0.2) is 48.2 Å². The van der Waals surface area contributed by atoms with Gasteiger partial charge in [0.1, 0.15) is 17.7 Å². The van der Waals surface area contributed by atoms with E-state index in [9.17, 15) is 40.0 Å². The Morgan fingerprint density at radius 3 is 2.27 bits per heavy atom. The average Bonchev–Trinajstić information content (AvgIpc) is 3.68. The summed E-state index contributed by atoms with van der Waals surface area (Å²) in [4.78, 5) is 29.3. The Bertz CT molecular complexity index is 1550. The van der Waals surface area contributed by atoms with Crippen LogP contribution in [-0.2, 0) is 31.6 Å². The number of likely N-dealkylation sites (tertiary alicyclic amines) is 1. The fourth-order valence-electron chi connectivity index (χ4n) is 5.51. The summed E-state index contributed by atoms with van der Waals surface area (Å²) in [6, 6.07) is 2.22. The molecule has 1 unspecified atom stereocenters. The lowest BCUT2D eigenvalue weighted by Gasteiger charge is -2.31. The van der Waals surface area contributed by atoms with Crippen LogP contribution < -0.4 is 5.32 Å². The van der Waals surface area contributed by atoms with Crippen molar-refractivity contribution in [1.29, 1.82) is 0 Å². The Morgan fingerprint density at radius 2 is 1.71 bits per heavy atom. The fraction of sp³-hybridized carbons (Fsp3) is 0.548. The number of halogens is 5. The van der Waals surface area contributed by atoms with Crippen molar-refractivity contribution in [3.8, 4) is 0 Å². The number of benzene rings is 2. The van der Waals surface area contributed by atoms with E-state index in [4.69, 9.17) is 4.18 Å². The van der Waals surface area contributed by atoms with Crippen molar-refractivity contribution in [3.05, 3.63) is 64.2 Å². The van der Waals surface area contributed by atoms with E-state index in [0.29, 0.717) is 37.3 Å². The molecule has 2 aromatic carbocycles. The molecule has 2 amide bonds. The van der Waals surface area contributed by atoms with Gasteiger partial charge in [-0.3, -0.25) is 9.59 Å². The number of nitrogens with zero attached hydrogens (tertiary/aromatic N) is 1. The summed E-state index contributed by atoms with van der Waals surface area (Å²) in [6.07, 6.45) is -1.80. The quantitative estimate of drug-likeness (QED) is 0.215. The molecular weight excluding hydrogens is 639 g/mol. The van der Waals surface area contributed by atoms with Gasteiger partial charge in [0.15, 0.2) is 9.84 Å². The first-order valence-corrected chi connectivity index (χ1v) is 17.3. The van der Waals surface area contributed by atoms with Crippen LogP contribution in [0.25, 0.3) is 0 Å². The molecule has 7 nitrogen and oxygen atoms in total. The lowest BCUT2D eigenvalue weighted by atomic mass is 9.98. The predicted molar refractivity (Wildman–Crippen MR) is 160 cm³/mol. The first-order valence-electron chi connectivity index (χ1n) is 14.6. The number of carbonyl (C=O) groups is 2. The molecule has 1 aliphatic carbocycles. The van der Waals surface area contributed by atoms with E-state index in [0.717, 1.165) is 6.26 Å². The number of amides is 2. The zero-order valence-electron chi connectivity index (χ0n) is 25.6. The maximum Gasteiger partial charge on any atom is 0.419 e. The molecule has 2 fully saturated rings. The summed E-state index contributed by atoms with van der Waals surface area (Å²) >= 11 is 1.19. The molecule has 1 saturated carbocycles. The first-order chi connectivity index (χ1) is 20.8. The van der Waals surface area contributed by atoms with E-state index in [-0.39, 0.29) is 46.3 Å². The highest BCUT2D eigenvalue weighted by molar-refractivity contribution is 7.96. The minimum absolute atomic E-state index is 0.0168. The third kappa shape index (κ3) is 8.37. The van der Waals surface area contributed by atoms with Crippen molar-refractivity contribution >= 4 is 33.7 Å². The van der Waals surface area contributed by atoms with Crippen LogP contribution >= 0.6 is 12.0 Å². The minimum atomic E-state index is -5.09. The largest absolute Gasteiger partial charge is 0.419 e. The third-order valence-corrected chi connectivity index (χ3v) is 9.74. The van der Waals surface area contributed by atoms with Gasteiger partial charge in [-0.2, -0.15) is 13.2 Å². The van der Waals surface area contributed by atoms with E-state index in [2.05, 4.69) is 5.32 Å². The molecule has 3 atom stereocenters.